The fourth-order valence-electron chi connectivity index (χ4n) is 3.22. The van der Waals surface area contributed by atoms with Crippen LogP contribution in [-0.4, -0.2) is 36.9 Å². The minimum atomic E-state index is -4.05. The van der Waals surface area contributed by atoms with Crippen molar-refractivity contribution >= 4 is 39.5 Å². The number of hydrogen-bond donors (Lipinski definition) is 1. The van der Waals surface area contributed by atoms with Gasteiger partial charge < -0.3 is 18.9 Å². The highest BCUT2D eigenvalue weighted by Gasteiger charge is 2.20. The lowest BCUT2D eigenvalue weighted by atomic mass is 10.1. The predicted octanol–water partition coefficient (Wildman–Crippen LogP) is 5.48. The molecule has 0 bridgehead atoms. The second-order valence-corrected chi connectivity index (χ2v) is 9.06. The van der Waals surface area contributed by atoms with E-state index in [0.29, 0.717) is 28.4 Å². The van der Waals surface area contributed by atoms with Crippen LogP contribution in [0.15, 0.2) is 53.4 Å². The number of hydrogen-bond acceptors (Lipinski definition) is 6. The lowest BCUT2D eigenvalue weighted by Crippen LogP contribution is -2.14. The third-order valence-electron chi connectivity index (χ3n) is 4.78. The summed E-state index contributed by atoms with van der Waals surface area (Å²) in [6.07, 6.45) is 3.31. The molecular formula is C24H23ClFNO6S. The molecule has 0 atom stereocenters. The molecule has 0 spiro atoms. The number of halogens is 2. The molecule has 0 fully saturated rings. The molecule has 3 aromatic carbocycles. The average molecular weight is 508 g/mol. The summed E-state index contributed by atoms with van der Waals surface area (Å²) in [6, 6.07) is 11.9. The van der Waals surface area contributed by atoms with Gasteiger partial charge in [0.1, 0.15) is 0 Å². The van der Waals surface area contributed by atoms with Gasteiger partial charge in [0.05, 0.1) is 39.0 Å². The van der Waals surface area contributed by atoms with Crippen LogP contribution < -0.4 is 23.7 Å². The van der Waals surface area contributed by atoms with Crippen LogP contribution in [0.1, 0.15) is 11.1 Å². The summed E-state index contributed by atoms with van der Waals surface area (Å²) in [7, 11) is 1.71. The maximum Gasteiger partial charge on any atom is 0.262 e. The molecule has 3 aromatic rings. The largest absolute Gasteiger partial charge is 0.493 e. The van der Waals surface area contributed by atoms with Crippen molar-refractivity contribution in [3.63, 3.8) is 0 Å². The van der Waals surface area contributed by atoms with Crippen LogP contribution in [0.2, 0.25) is 5.02 Å². The van der Waals surface area contributed by atoms with Crippen LogP contribution in [0.4, 0.5) is 10.1 Å². The van der Waals surface area contributed by atoms with Gasteiger partial charge in [-0.05, 0) is 53.6 Å². The number of sulfonamides is 1. The van der Waals surface area contributed by atoms with Crippen molar-refractivity contribution in [3.05, 3.63) is 70.5 Å². The van der Waals surface area contributed by atoms with Gasteiger partial charge in [0, 0.05) is 5.02 Å². The van der Waals surface area contributed by atoms with Crippen molar-refractivity contribution in [3.8, 4) is 23.0 Å². The number of rotatable bonds is 9. The molecule has 0 unspecified atom stereocenters. The van der Waals surface area contributed by atoms with E-state index in [9.17, 15) is 12.8 Å². The molecule has 0 heterocycles. The highest BCUT2D eigenvalue weighted by atomic mass is 35.5. The number of ether oxygens (including phenoxy) is 4. The van der Waals surface area contributed by atoms with Crippen LogP contribution in [0.5, 0.6) is 23.0 Å². The van der Waals surface area contributed by atoms with E-state index in [1.165, 1.54) is 58.8 Å². The van der Waals surface area contributed by atoms with Crippen molar-refractivity contribution in [2.45, 2.75) is 4.90 Å². The van der Waals surface area contributed by atoms with Gasteiger partial charge in [-0.1, -0.05) is 29.8 Å². The third kappa shape index (κ3) is 5.55. The molecule has 1 N–H and O–H groups in total. The Kier molecular flexibility index (Phi) is 7.90. The van der Waals surface area contributed by atoms with Crippen molar-refractivity contribution in [2.24, 2.45) is 0 Å². The zero-order valence-electron chi connectivity index (χ0n) is 18.9. The molecular weight excluding hydrogens is 485 g/mol. The number of benzene rings is 3. The Morgan fingerprint density at radius 1 is 0.824 bits per heavy atom. The maximum atomic E-state index is 14.7. The Morgan fingerprint density at radius 2 is 1.41 bits per heavy atom. The Balaban J connectivity index is 1.99. The topological polar surface area (TPSA) is 83.1 Å². The molecule has 7 nitrogen and oxygen atoms in total. The third-order valence-corrected chi connectivity index (χ3v) is 6.37. The fraction of sp³-hybridized carbons (Fsp3) is 0.167. The van der Waals surface area contributed by atoms with Crippen LogP contribution in [0.25, 0.3) is 12.2 Å². The molecule has 0 aliphatic rings. The van der Waals surface area contributed by atoms with E-state index in [0.717, 1.165) is 0 Å². The normalized spacial score (nSPS) is 11.4. The zero-order valence-corrected chi connectivity index (χ0v) is 20.5. The quantitative estimate of drug-likeness (QED) is 0.386. The number of anilines is 1. The first-order valence-corrected chi connectivity index (χ1v) is 11.7. The van der Waals surface area contributed by atoms with Crippen LogP contribution >= 0.6 is 11.6 Å². The van der Waals surface area contributed by atoms with Crippen molar-refractivity contribution in [2.75, 3.05) is 33.2 Å². The molecule has 3 rings (SSSR count). The molecule has 0 aromatic heterocycles. The standard InChI is InChI=1S/C24H23ClFNO6S/c1-30-21-12-16(13-22(31-2)24(21)33-4)9-8-15-10-19(26)23(32-3)20(11-15)27-34(28,29)18-7-5-6-17(25)14-18/h5-14,27H,1-4H3. The number of nitrogens with one attached hydrogen (secondary N) is 1. The van der Waals surface area contributed by atoms with E-state index < -0.39 is 15.8 Å². The first-order valence-electron chi connectivity index (χ1n) is 9.86. The van der Waals surface area contributed by atoms with Gasteiger partial charge in [-0.25, -0.2) is 12.8 Å². The molecule has 180 valence electrons. The van der Waals surface area contributed by atoms with Gasteiger partial charge in [0.2, 0.25) is 5.75 Å². The minimum absolute atomic E-state index is 0.0629. The summed E-state index contributed by atoms with van der Waals surface area (Å²) in [5.41, 5.74) is 1.01. The first-order chi connectivity index (χ1) is 16.2. The van der Waals surface area contributed by atoms with E-state index >= 15 is 0 Å². The molecule has 0 radical (unpaired) electrons. The molecule has 0 amide bonds. The van der Waals surface area contributed by atoms with E-state index in [-0.39, 0.29) is 21.4 Å². The minimum Gasteiger partial charge on any atom is -0.493 e. The molecule has 10 heteroatoms. The van der Waals surface area contributed by atoms with Gasteiger partial charge in [0.25, 0.3) is 10.0 Å². The lowest BCUT2D eigenvalue weighted by molar-refractivity contribution is 0.324. The Labute approximate surface area is 202 Å². The molecule has 34 heavy (non-hydrogen) atoms. The molecule has 0 saturated heterocycles. The van der Waals surface area contributed by atoms with Gasteiger partial charge >= 0.3 is 0 Å². The van der Waals surface area contributed by atoms with E-state index in [1.807, 2.05) is 0 Å². The van der Waals surface area contributed by atoms with E-state index in [1.54, 1.807) is 30.4 Å². The van der Waals surface area contributed by atoms with E-state index in [2.05, 4.69) is 4.72 Å². The summed E-state index contributed by atoms with van der Waals surface area (Å²) in [4.78, 5) is -0.0687. The van der Waals surface area contributed by atoms with Gasteiger partial charge in [0.15, 0.2) is 23.1 Å². The summed E-state index contributed by atoms with van der Waals surface area (Å²) < 4.78 is 63.8. The van der Waals surface area contributed by atoms with Crippen molar-refractivity contribution < 1.29 is 31.8 Å². The Bertz CT molecular complexity index is 1300. The molecule has 0 aliphatic carbocycles. The summed E-state index contributed by atoms with van der Waals surface area (Å²) in [6.45, 7) is 0. The van der Waals surface area contributed by atoms with E-state index in [4.69, 9.17) is 30.5 Å². The molecule has 0 aliphatic heterocycles. The number of methoxy groups -OCH3 is 4. The maximum absolute atomic E-state index is 14.7. The smallest absolute Gasteiger partial charge is 0.262 e. The van der Waals surface area contributed by atoms with Gasteiger partial charge in [-0.2, -0.15) is 0 Å². The average Bonchev–Trinajstić information content (AvgIpc) is 2.81. The van der Waals surface area contributed by atoms with Crippen LogP contribution in [0.3, 0.4) is 0 Å². The van der Waals surface area contributed by atoms with Gasteiger partial charge in [-0.3, -0.25) is 4.72 Å². The van der Waals surface area contributed by atoms with Gasteiger partial charge in [-0.15, -0.1) is 0 Å². The van der Waals surface area contributed by atoms with Crippen molar-refractivity contribution in [1.29, 1.82) is 0 Å². The fourth-order valence-corrected chi connectivity index (χ4v) is 4.58. The second kappa shape index (κ2) is 10.7. The van der Waals surface area contributed by atoms with Crippen LogP contribution in [0, 0.1) is 5.82 Å². The summed E-state index contributed by atoms with van der Waals surface area (Å²) >= 11 is 5.91. The Hall–Kier alpha value is -3.43. The van der Waals surface area contributed by atoms with Crippen molar-refractivity contribution in [1.82, 2.24) is 0 Å². The van der Waals surface area contributed by atoms with Crippen LogP contribution in [-0.2, 0) is 10.0 Å². The predicted molar refractivity (Wildman–Crippen MR) is 130 cm³/mol. The summed E-state index contributed by atoms with van der Waals surface area (Å²) in [5.74, 6) is 0.374. The second-order valence-electron chi connectivity index (χ2n) is 6.94. The molecule has 0 saturated carbocycles. The highest BCUT2D eigenvalue weighted by Crippen LogP contribution is 2.39. The first kappa shape index (κ1) is 25.2. The highest BCUT2D eigenvalue weighted by molar-refractivity contribution is 7.92. The Morgan fingerprint density at radius 3 is 1.94 bits per heavy atom. The SMILES string of the molecule is COc1cc(C=Cc2cc(F)c(OC)c(NS(=O)(=O)c3cccc(Cl)c3)c2)cc(OC)c1OC. The lowest BCUT2D eigenvalue weighted by Gasteiger charge is -2.14. The zero-order chi connectivity index (χ0) is 24.9. The monoisotopic (exact) mass is 507 g/mol. The summed E-state index contributed by atoms with van der Waals surface area (Å²) in [5, 5.41) is 0.253.